The highest BCUT2D eigenvalue weighted by molar-refractivity contribution is 5.77. The van der Waals surface area contributed by atoms with Gasteiger partial charge in [-0.2, -0.15) is 5.26 Å². The summed E-state index contributed by atoms with van der Waals surface area (Å²) in [6.07, 6.45) is 0. The molecule has 0 saturated carbocycles. The molecular weight excluding hydrogens is 290 g/mol. The topological polar surface area (TPSA) is 60.5 Å². The molecule has 0 radical (unpaired) electrons. The van der Waals surface area contributed by atoms with Crippen LogP contribution in [0.4, 0.5) is 0 Å². The van der Waals surface area contributed by atoms with Crippen LogP contribution in [0.5, 0.6) is 0 Å². The maximum Gasteiger partial charge on any atom is 0.236 e. The fourth-order valence-corrected chi connectivity index (χ4v) is 2.35. The number of rotatable bonds is 6. The van der Waals surface area contributed by atoms with Crippen molar-refractivity contribution in [2.75, 3.05) is 20.6 Å². The molecule has 0 fully saturated rings. The van der Waals surface area contributed by atoms with Gasteiger partial charge in [0.05, 0.1) is 24.7 Å². The van der Waals surface area contributed by atoms with Gasteiger partial charge in [-0.1, -0.05) is 12.1 Å². The molecule has 0 atom stereocenters. The maximum atomic E-state index is 12.3. The Morgan fingerprint density at radius 2 is 2.00 bits per heavy atom. The van der Waals surface area contributed by atoms with Crippen LogP contribution in [0.1, 0.15) is 22.6 Å². The summed E-state index contributed by atoms with van der Waals surface area (Å²) in [6.45, 7) is 3.28. The minimum absolute atomic E-state index is 0.0259. The first-order valence-electron chi connectivity index (χ1n) is 7.45. The molecule has 120 valence electrons. The van der Waals surface area contributed by atoms with Gasteiger partial charge in [-0.25, -0.2) is 0 Å². The molecule has 5 heteroatoms. The summed E-state index contributed by atoms with van der Waals surface area (Å²) in [5.74, 6) is 1.65. The number of carbonyl (C=O) groups excluding carboxylic acids is 1. The van der Waals surface area contributed by atoms with E-state index in [2.05, 4.69) is 6.07 Å². The summed E-state index contributed by atoms with van der Waals surface area (Å²) in [5.41, 5.74) is 1.65. The Bertz CT molecular complexity index is 715. The summed E-state index contributed by atoms with van der Waals surface area (Å²) in [6, 6.07) is 13.3. The first-order chi connectivity index (χ1) is 11.0. The van der Waals surface area contributed by atoms with Crippen molar-refractivity contribution in [1.82, 2.24) is 9.80 Å². The van der Waals surface area contributed by atoms with E-state index in [4.69, 9.17) is 9.68 Å². The lowest BCUT2D eigenvalue weighted by Gasteiger charge is -2.21. The molecule has 0 aliphatic heterocycles. The molecule has 2 rings (SSSR count). The third kappa shape index (κ3) is 4.97. The number of amides is 1. The summed E-state index contributed by atoms with van der Waals surface area (Å²) < 4.78 is 5.49. The zero-order chi connectivity index (χ0) is 16.8. The van der Waals surface area contributed by atoms with Crippen molar-refractivity contribution in [3.05, 3.63) is 59.0 Å². The molecule has 0 N–H and O–H groups in total. The Balaban J connectivity index is 1.87. The first-order valence-corrected chi connectivity index (χ1v) is 7.45. The lowest BCUT2D eigenvalue weighted by Crippen LogP contribution is -2.35. The minimum atomic E-state index is 0.0259. The second-order valence-electron chi connectivity index (χ2n) is 5.75. The quantitative estimate of drug-likeness (QED) is 0.822. The van der Waals surface area contributed by atoms with Gasteiger partial charge in [0.15, 0.2) is 0 Å². The van der Waals surface area contributed by atoms with E-state index in [0.29, 0.717) is 25.2 Å². The summed E-state index contributed by atoms with van der Waals surface area (Å²) >= 11 is 0. The second-order valence-corrected chi connectivity index (χ2v) is 5.75. The molecule has 0 aliphatic carbocycles. The molecule has 1 aromatic carbocycles. The number of carbonyl (C=O) groups is 1. The highest BCUT2D eigenvalue weighted by Gasteiger charge is 2.14. The van der Waals surface area contributed by atoms with Crippen LogP contribution in [-0.4, -0.2) is 36.3 Å². The first kappa shape index (κ1) is 16.8. The highest BCUT2D eigenvalue weighted by Crippen LogP contribution is 2.10. The van der Waals surface area contributed by atoms with E-state index in [1.807, 2.05) is 49.2 Å². The molecular formula is C18H21N3O2. The third-order valence-corrected chi connectivity index (χ3v) is 3.53. The molecule has 0 spiro atoms. The zero-order valence-corrected chi connectivity index (χ0v) is 13.7. The molecule has 1 amide bonds. The fraction of sp³-hybridized carbons (Fsp3) is 0.333. The van der Waals surface area contributed by atoms with E-state index in [1.165, 1.54) is 0 Å². The van der Waals surface area contributed by atoms with Crippen molar-refractivity contribution in [3.8, 4) is 6.07 Å². The van der Waals surface area contributed by atoms with Crippen LogP contribution in [0, 0.1) is 18.3 Å². The monoisotopic (exact) mass is 311 g/mol. The molecule has 0 unspecified atom stereocenters. The number of hydrogen-bond donors (Lipinski definition) is 0. The van der Waals surface area contributed by atoms with Gasteiger partial charge in [-0.15, -0.1) is 0 Å². The van der Waals surface area contributed by atoms with Crippen LogP contribution in [0.2, 0.25) is 0 Å². The Labute approximate surface area is 136 Å². The molecule has 5 nitrogen and oxygen atoms in total. The zero-order valence-electron chi connectivity index (χ0n) is 13.7. The Hall–Kier alpha value is -2.58. The van der Waals surface area contributed by atoms with Gasteiger partial charge >= 0.3 is 0 Å². The summed E-state index contributed by atoms with van der Waals surface area (Å²) in [4.78, 5) is 15.9. The van der Waals surface area contributed by atoms with E-state index in [1.54, 1.807) is 18.0 Å². The van der Waals surface area contributed by atoms with Crippen molar-refractivity contribution >= 4 is 5.91 Å². The summed E-state index contributed by atoms with van der Waals surface area (Å²) in [7, 11) is 3.66. The smallest absolute Gasteiger partial charge is 0.236 e. The van der Waals surface area contributed by atoms with E-state index in [9.17, 15) is 4.79 Å². The molecule has 0 bridgehead atoms. The number of aryl methyl sites for hydroxylation is 1. The largest absolute Gasteiger partial charge is 0.464 e. The van der Waals surface area contributed by atoms with Gasteiger partial charge in [-0.3, -0.25) is 9.69 Å². The standard InChI is InChI=1S/C18H21N3O2/c1-14-7-8-17(23-14)12-21(3)18(22)13-20(2)11-16-6-4-5-15(9-16)10-19/h4-9H,11-13H2,1-3H3. The lowest BCUT2D eigenvalue weighted by atomic mass is 10.1. The third-order valence-electron chi connectivity index (χ3n) is 3.53. The summed E-state index contributed by atoms with van der Waals surface area (Å²) in [5, 5.41) is 8.92. The van der Waals surface area contributed by atoms with Gasteiger partial charge in [0.1, 0.15) is 11.5 Å². The Morgan fingerprint density at radius 3 is 2.65 bits per heavy atom. The lowest BCUT2D eigenvalue weighted by molar-refractivity contribution is -0.131. The number of likely N-dealkylation sites (N-methyl/N-ethyl adjacent to an activating group) is 2. The SMILES string of the molecule is Cc1ccc(CN(C)C(=O)CN(C)Cc2cccc(C#N)c2)o1. The fourth-order valence-electron chi connectivity index (χ4n) is 2.35. The van der Waals surface area contributed by atoms with Crippen LogP contribution in [0.3, 0.4) is 0 Å². The van der Waals surface area contributed by atoms with E-state index >= 15 is 0 Å². The van der Waals surface area contributed by atoms with Crippen molar-refractivity contribution in [2.24, 2.45) is 0 Å². The average molecular weight is 311 g/mol. The normalized spacial score (nSPS) is 10.6. The van der Waals surface area contributed by atoms with E-state index in [0.717, 1.165) is 17.1 Å². The number of hydrogen-bond acceptors (Lipinski definition) is 4. The maximum absolute atomic E-state index is 12.3. The highest BCUT2D eigenvalue weighted by atomic mass is 16.3. The average Bonchev–Trinajstić information content (AvgIpc) is 2.92. The number of furan rings is 1. The van der Waals surface area contributed by atoms with Crippen LogP contribution >= 0.6 is 0 Å². The number of nitrogens with zero attached hydrogens (tertiary/aromatic N) is 3. The van der Waals surface area contributed by atoms with Crippen LogP contribution < -0.4 is 0 Å². The second kappa shape index (κ2) is 7.61. The molecule has 2 aromatic rings. The van der Waals surface area contributed by atoms with Gasteiger partial charge in [-0.05, 0) is 43.8 Å². The van der Waals surface area contributed by atoms with Crippen LogP contribution in [0.25, 0.3) is 0 Å². The molecule has 1 heterocycles. The van der Waals surface area contributed by atoms with Crippen LogP contribution in [-0.2, 0) is 17.9 Å². The Morgan fingerprint density at radius 1 is 1.22 bits per heavy atom. The van der Waals surface area contributed by atoms with Crippen molar-refractivity contribution < 1.29 is 9.21 Å². The molecule has 0 saturated heterocycles. The molecule has 0 aliphatic rings. The molecule has 23 heavy (non-hydrogen) atoms. The Kier molecular flexibility index (Phi) is 5.56. The van der Waals surface area contributed by atoms with E-state index in [-0.39, 0.29) is 5.91 Å². The van der Waals surface area contributed by atoms with Crippen LogP contribution in [0.15, 0.2) is 40.8 Å². The van der Waals surface area contributed by atoms with Crippen molar-refractivity contribution in [1.29, 1.82) is 5.26 Å². The predicted octanol–water partition coefficient (Wildman–Crippen LogP) is 2.55. The minimum Gasteiger partial charge on any atom is -0.464 e. The predicted molar refractivity (Wildman–Crippen MR) is 87.4 cm³/mol. The van der Waals surface area contributed by atoms with Crippen molar-refractivity contribution in [2.45, 2.75) is 20.0 Å². The number of benzene rings is 1. The molecule has 1 aromatic heterocycles. The van der Waals surface area contributed by atoms with E-state index < -0.39 is 0 Å². The van der Waals surface area contributed by atoms with Gasteiger partial charge < -0.3 is 9.32 Å². The van der Waals surface area contributed by atoms with Crippen molar-refractivity contribution in [3.63, 3.8) is 0 Å². The number of nitriles is 1. The van der Waals surface area contributed by atoms with Gasteiger partial charge in [0.25, 0.3) is 0 Å². The van der Waals surface area contributed by atoms with Gasteiger partial charge in [0.2, 0.25) is 5.91 Å². The van der Waals surface area contributed by atoms with Gasteiger partial charge in [0, 0.05) is 13.6 Å².